The standard InChI is InChI=1S/C24H17ClN2O5S/c1-2-13-5-3-4-6-19(13)27-22(29)17(21(28)26-24(27)33)12-15-8-10-20(32-15)16-11-14(23(30)31)7-9-18(16)25/h3-12H,2H2,1H3,(H,30,31)(H,26,28,33). The van der Waals surface area contributed by atoms with Crippen molar-refractivity contribution in [2.24, 2.45) is 0 Å². The van der Waals surface area contributed by atoms with E-state index in [0.717, 1.165) is 5.56 Å². The normalized spacial score (nSPS) is 15.2. The van der Waals surface area contributed by atoms with Crippen LogP contribution in [0.2, 0.25) is 5.02 Å². The van der Waals surface area contributed by atoms with E-state index in [0.29, 0.717) is 28.5 Å². The maximum Gasteiger partial charge on any atom is 0.335 e. The fourth-order valence-corrected chi connectivity index (χ4v) is 3.95. The SMILES string of the molecule is CCc1ccccc1N1C(=O)C(=Cc2ccc(-c3cc(C(=O)O)ccc3Cl)o2)C(=O)NC1=S. The van der Waals surface area contributed by atoms with E-state index in [9.17, 15) is 19.5 Å². The van der Waals surface area contributed by atoms with E-state index >= 15 is 0 Å². The number of nitrogens with one attached hydrogen (secondary N) is 1. The van der Waals surface area contributed by atoms with Gasteiger partial charge >= 0.3 is 5.97 Å². The number of benzene rings is 2. The van der Waals surface area contributed by atoms with Crippen LogP contribution in [0.25, 0.3) is 17.4 Å². The number of halogens is 1. The van der Waals surface area contributed by atoms with E-state index in [2.05, 4.69) is 5.32 Å². The van der Waals surface area contributed by atoms with Crippen LogP contribution in [0.5, 0.6) is 0 Å². The first-order valence-corrected chi connectivity index (χ1v) is 10.7. The second-order valence-corrected chi connectivity index (χ2v) is 7.94. The summed E-state index contributed by atoms with van der Waals surface area (Å²) in [5.74, 6) is -1.80. The molecule has 0 bridgehead atoms. The first kappa shape index (κ1) is 22.4. The molecule has 9 heteroatoms. The number of rotatable bonds is 5. The van der Waals surface area contributed by atoms with Gasteiger partial charge in [-0.1, -0.05) is 36.7 Å². The van der Waals surface area contributed by atoms with Crippen molar-refractivity contribution < 1.29 is 23.9 Å². The minimum absolute atomic E-state index is 0.000418. The summed E-state index contributed by atoms with van der Waals surface area (Å²) in [7, 11) is 0. The Morgan fingerprint density at radius 3 is 2.67 bits per heavy atom. The van der Waals surface area contributed by atoms with E-state index < -0.39 is 17.8 Å². The third-order valence-corrected chi connectivity index (χ3v) is 5.72. The Morgan fingerprint density at radius 1 is 1.18 bits per heavy atom. The van der Waals surface area contributed by atoms with E-state index in [4.69, 9.17) is 28.2 Å². The largest absolute Gasteiger partial charge is 0.478 e. The number of carbonyl (C=O) groups excluding carboxylic acids is 2. The van der Waals surface area contributed by atoms with Crippen LogP contribution in [-0.4, -0.2) is 28.0 Å². The molecule has 0 aliphatic carbocycles. The van der Waals surface area contributed by atoms with Crippen LogP contribution < -0.4 is 10.2 Å². The van der Waals surface area contributed by atoms with Crippen LogP contribution in [0.15, 0.2) is 64.6 Å². The molecule has 1 aliphatic heterocycles. The zero-order valence-corrected chi connectivity index (χ0v) is 18.9. The van der Waals surface area contributed by atoms with Gasteiger partial charge in [-0.3, -0.25) is 19.8 Å². The van der Waals surface area contributed by atoms with Crippen molar-refractivity contribution in [1.82, 2.24) is 5.32 Å². The van der Waals surface area contributed by atoms with Gasteiger partial charge in [0.15, 0.2) is 5.11 Å². The van der Waals surface area contributed by atoms with Gasteiger partial charge in [-0.2, -0.15) is 0 Å². The molecule has 0 radical (unpaired) electrons. The first-order valence-electron chi connectivity index (χ1n) is 9.92. The third-order valence-electron chi connectivity index (χ3n) is 5.11. The van der Waals surface area contributed by atoms with Gasteiger partial charge in [-0.25, -0.2) is 4.79 Å². The number of aromatic carboxylic acids is 1. The number of hydrogen-bond acceptors (Lipinski definition) is 5. The second kappa shape index (κ2) is 9.01. The van der Waals surface area contributed by atoms with Gasteiger partial charge in [-0.05, 0) is 66.7 Å². The lowest BCUT2D eigenvalue weighted by Crippen LogP contribution is -2.54. The fourth-order valence-electron chi connectivity index (χ4n) is 3.47. The molecule has 1 aliphatic rings. The van der Waals surface area contributed by atoms with E-state index in [1.807, 2.05) is 19.1 Å². The molecule has 0 atom stereocenters. The number of hydrogen-bond donors (Lipinski definition) is 2. The Bertz CT molecular complexity index is 1340. The zero-order chi connectivity index (χ0) is 23.7. The average Bonchev–Trinajstić information content (AvgIpc) is 3.25. The van der Waals surface area contributed by atoms with Crippen LogP contribution in [0, 0.1) is 0 Å². The molecule has 7 nitrogen and oxygen atoms in total. The summed E-state index contributed by atoms with van der Waals surface area (Å²) in [6, 6.07) is 14.7. The second-order valence-electron chi connectivity index (χ2n) is 7.14. The van der Waals surface area contributed by atoms with Gasteiger partial charge in [-0.15, -0.1) is 0 Å². The molecule has 1 aromatic heterocycles. The van der Waals surface area contributed by atoms with Crippen molar-refractivity contribution in [3.05, 3.63) is 82.1 Å². The highest BCUT2D eigenvalue weighted by atomic mass is 35.5. The Kier molecular flexibility index (Phi) is 6.13. The summed E-state index contributed by atoms with van der Waals surface area (Å²) in [4.78, 5) is 38.4. The minimum atomic E-state index is -1.10. The van der Waals surface area contributed by atoms with Crippen molar-refractivity contribution in [3.63, 3.8) is 0 Å². The van der Waals surface area contributed by atoms with Gasteiger partial charge in [0.1, 0.15) is 17.1 Å². The number of para-hydroxylation sites is 1. The van der Waals surface area contributed by atoms with Gasteiger partial charge in [0.25, 0.3) is 11.8 Å². The van der Waals surface area contributed by atoms with Crippen LogP contribution >= 0.6 is 23.8 Å². The Balaban J connectivity index is 1.71. The van der Waals surface area contributed by atoms with E-state index in [-0.39, 0.29) is 22.0 Å². The number of carbonyl (C=O) groups is 3. The van der Waals surface area contributed by atoms with Gasteiger partial charge < -0.3 is 9.52 Å². The average molecular weight is 481 g/mol. The molecular weight excluding hydrogens is 464 g/mol. The summed E-state index contributed by atoms with van der Waals surface area (Å²) in [6.07, 6.45) is 1.99. The van der Waals surface area contributed by atoms with Gasteiger partial charge in [0.2, 0.25) is 0 Å². The van der Waals surface area contributed by atoms with Crippen LogP contribution in [0.1, 0.15) is 28.6 Å². The molecule has 1 fully saturated rings. The molecule has 0 saturated carbocycles. The summed E-state index contributed by atoms with van der Waals surface area (Å²) < 4.78 is 5.76. The quantitative estimate of drug-likeness (QED) is 0.312. The number of aryl methyl sites for hydroxylation is 1. The smallest absolute Gasteiger partial charge is 0.335 e. The Hall–Kier alpha value is -3.75. The Labute approximate surface area is 199 Å². The molecule has 166 valence electrons. The predicted molar refractivity (Wildman–Crippen MR) is 128 cm³/mol. The monoisotopic (exact) mass is 480 g/mol. The molecule has 4 rings (SSSR count). The van der Waals surface area contributed by atoms with Crippen LogP contribution in [0.4, 0.5) is 5.69 Å². The van der Waals surface area contributed by atoms with Crippen LogP contribution in [0.3, 0.4) is 0 Å². The molecule has 2 N–H and O–H groups in total. The molecule has 1 saturated heterocycles. The maximum atomic E-state index is 13.3. The number of nitrogens with zero attached hydrogens (tertiary/aromatic N) is 1. The molecule has 2 heterocycles. The molecular formula is C24H17ClN2O5S. The van der Waals surface area contributed by atoms with Gasteiger partial charge in [0, 0.05) is 5.56 Å². The van der Waals surface area contributed by atoms with Gasteiger partial charge in [0.05, 0.1) is 16.3 Å². The highest BCUT2D eigenvalue weighted by Crippen LogP contribution is 2.32. The Morgan fingerprint density at radius 2 is 1.94 bits per heavy atom. The number of furan rings is 1. The van der Waals surface area contributed by atoms with Crippen molar-refractivity contribution in [2.75, 3.05) is 4.90 Å². The fraction of sp³-hybridized carbons (Fsp3) is 0.0833. The van der Waals surface area contributed by atoms with Crippen molar-refractivity contribution in [2.45, 2.75) is 13.3 Å². The van der Waals surface area contributed by atoms with Crippen LogP contribution in [-0.2, 0) is 16.0 Å². The number of anilines is 1. The highest BCUT2D eigenvalue weighted by molar-refractivity contribution is 7.80. The summed E-state index contributed by atoms with van der Waals surface area (Å²) in [5, 5.41) is 12.1. The third kappa shape index (κ3) is 4.30. The first-order chi connectivity index (χ1) is 15.8. The molecule has 2 amide bonds. The molecule has 0 spiro atoms. The topological polar surface area (TPSA) is 99.8 Å². The predicted octanol–water partition coefficient (Wildman–Crippen LogP) is 4.69. The minimum Gasteiger partial charge on any atom is -0.478 e. The lowest BCUT2D eigenvalue weighted by molar-refractivity contribution is -0.122. The summed E-state index contributed by atoms with van der Waals surface area (Å²) >= 11 is 11.5. The lowest BCUT2D eigenvalue weighted by atomic mass is 10.1. The number of carboxylic acids is 1. The lowest BCUT2D eigenvalue weighted by Gasteiger charge is -2.30. The number of amides is 2. The molecule has 0 unspecified atom stereocenters. The van der Waals surface area contributed by atoms with Crippen molar-refractivity contribution in [3.8, 4) is 11.3 Å². The van der Waals surface area contributed by atoms with Crippen molar-refractivity contribution in [1.29, 1.82) is 0 Å². The maximum absolute atomic E-state index is 13.3. The van der Waals surface area contributed by atoms with E-state index in [1.54, 1.807) is 24.3 Å². The number of thiocarbonyl (C=S) groups is 1. The molecule has 2 aromatic carbocycles. The zero-order valence-electron chi connectivity index (χ0n) is 17.3. The summed E-state index contributed by atoms with van der Waals surface area (Å²) in [6.45, 7) is 1.96. The number of carboxylic acid groups (broad SMARTS) is 1. The van der Waals surface area contributed by atoms with Crippen molar-refractivity contribution >= 4 is 58.5 Å². The highest BCUT2D eigenvalue weighted by Gasteiger charge is 2.35. The summed E-state index contributed by atoms with van der Waals surface area (Å²) in [5.41, 5.74) is 1.77. The molecule has 33 heavy (non-hydrogen) atoms. The molecule has 3 aromatic rings. The van der Waals surface area contributed by atoms with E-state index in [1.165, 1.54) is 29.2 Å².